The Kier molecular flexibility index (Phi) is 2.76. The molecule has 84 valence electrons. The van der Waals surface area contributed by atoms with Crippen LogP contribution in [-0.4, -0.2) is 14.8 Å². The number of nitrogens with one attached hydrogen (secondary N) is 1. The molecule has 0 bridgehead atoms. The van der Waals surface area contributed by atoms with Crippen molar-refractivity contribution in [1.29, 1.82) is 0 Å². The Bertz CT molecular complexity index is 489. The van der Waals surface area contributed by atoms with Crippen LogP contribution >= 0.6 is 0 Å². The van der Waals surface area contributed by atoms with Crippen LogP contribution < -0.4 is 11.1 Å². The summed E-state index contributed by atoms with van der Waals surface area (Å²) in [6.45, 7) is 2.64. The number of pyridine rings is 1. The fraction of sp³-hybridized carbons (Fsp3) is 0.273. The summed E-state index contributed by atoms with van der Waals surface area (Å²) in [4.78, 5) is 4.23. The molecule has 2 aromatic rings. The summed E-state index contributed by atoms with van der Waals surface area (Å²) >= 11 is 0. The van der Waals surface area contributed by atoms with Gasteiger partial charge in [-0.1, -0.05) is 0 Å². The van der Waals surface area contributed by atoms with E-state index in [1.54, 1.807) is 10.9 Å². The Morgan fingerprint density at radius 1 is 1.50 bits per heavy atom. The van der Waals surface area contributed by atoms with Crippen LogP contribution in [0.2, 0.25) is 0 Å². The first-order valence-corrected chi connectivity index (χ1v) is 5.09. The van der Waals surface area contributed by atoms with E-state index >= 15 is 0 Å². The van der Waals surface area contributed by atoms with Gasteiger partial charge >= 0.3 is 0 Å². The van der Waals surface area contributed by atoms with Gasteiger partial charge in [-0.3, -0.25) is 4.68 Å². The molecule has 0 saturated heterocycles. The molecule has 0 aromatic carbocycles. The second-order valence-corrected chi connectivity index (χ2v) is 3.77. The molecule has 0 aliphatic heterocycles. The molecule has 16 heavy (non-hydrogen) atoms. The number of aromatic nitrogens is 3. The highest BCUT2D eigenvalue weighted by molar-refractivity contribution is 5.50. The van der Waals surface area contributed by atoms with E-state index in [1.807, 2.05) is 32.3 Å². The maximum absolute atomic E-state index is 5.63. The predicted octanol–water partition coefficient (Wildman–Crippen LogP) is 1.32. The Morgan fingerprint density at radius 2 is 2.31 bits per heavy atom. The smallest absolute Gasteiger partial charge is 0.129 e. The van der Waals surface area contributed by atoms with Crippen molar-refractivity contribution in [3.05, 3.63) is 35.8 Å². The zero-order valence-corrected chi connectivity index (χ0v) is 9.44. The molecule has 2 heterocycles. The number of nitrogen functional groups attached to an aromatic ring is 1. The topological polar surface area (TPSA) is 68.8 Å². The molecule has 0 unspecified atom stereocenters. The lowest BCUT2D eigenvalue weighted by Crippen LogP contribution is -2.04. The van der Waals surface area contributed by atoms with Gasteiger partial charge in [0.25, 0.3) is 0 Å². The molecule has 0 aliphatic rings. The highest BCUT2D eigenvalue weighted by Gasteiger charge is 2.01. The third kappa shape index (κ3) is 2.31. The summed E-state index contributed by atoms with van der Waals surface area (Å²) in [6.07, 6.45) is 3.56. The average Bonchev–Trinajstić information content (AvgIpc) is 2.63. The van der Waals surface area contributed by atoms with Crippen molar-refractivity contribution >= 4 is 11.5 Å². The number of anilines is 2. The fourth-order valence-corrected chi connectivity index (χ4v) is 1.51. The van der Waals surface area contributed by atoms with Crippen molar-refractivity contribution < 1.29 is 0 Å². The van der Waals surface area contributed by atoms with Crippen molar-refractivity contribution in [2.45, 2.75) is 13.5 Å². The van der Waals surface area contributed by atoms with E-state index in [2.05, 4.69) is 15.4 Å². The van der Waals surface area contributed by atoms with Crippen LogP contribution in [0.3, 0.4) is 0 Å². The van der Waals surface area contributed by atoms with Gasteiger partial charge in [-0.15, -0.1) is 0 Å². The van der Waals surface area contributed by atoms with Gasteiger partial charge in [0.2, 0.25) is 0 Å². The highest BCUT2D eigenvalue weighted by Crippen LogP contribution is 2.14. The second-order valence-electron chi connectivity index (χ2n) is 3.77. The van der Waals surface area contributed by atoms with Crippen LogP contribution in [0.1, 0.15) is 11.3 Å². The average molecular weight is 217 g/mol. The van der Waals surface area contributed by atoms with Crippen LogP contribution in [0, 0.1) is 6.92 Å². The van der Waals surface area contributed by atoms with Gasteiger partial charge in [-0.25, -0.2) is 4.98 Å². The SMILES string of the molecule is Cc1cc(N)cnc1NCc1ccn(C)n1. The first kappa shape index (κ1) is 10.5. The highest BCUT2D eigenvalue weighted by atomic mass is 15.3. The van der Waals surface area contributed by atoms with E-state index in [0.717, 1.165) is 17.1 Å². The van der Waals surface area contributed by atoms with Crippen LogP contribution in [0.15, 0.2) is 24.5 Å². The Balaban J connectivity index is 2.04. The van der Waals surface area contributed by atoms with Crippen LogP contribution in [-0.2, 0) is 13.6 Å². The molecule has 0 aliphatic carbocycles. The van der Waals surface area contributed by atoms with Gasteiger partial charge < -0.3 is 11.1 Å². The molecule has 2 rings (SSSR count). The van der Waals surface area contributed by atoms with Gasteiger partial charge in [-0.05, 0) is 24.6 Å². The summed E-state index contributed by atoms with van der Waals surface area (Å²) in [7, 11) is 1.90. The van der Waals surface area contributed by atoms with Crippen LogP contribution in [0.4, 0.5) is 11.5 Å². The molecular formula is C11H15N5. The zero-order valence-electron chi connectivity index (χ0n) is 9.44. The van der Waals surface area contributed by atoms with E-state index in [4.69, 9.17) is 5.73 Å². The molecule has 0 saturated carbocycles. The Morgan fingerprint density at radius 3 is 2.94 bits per heavy atom. The molecular weight excluding hydrogens is 202 g/mol. The maximum Gasteiger partial charge on any atom is 0.129 e. The van der Waals surface area contributed by atoms with Gasteiger partial charge in [0.1, 0.15) is 5.82 Å². The third-order valence-corrected chi connectivity index (χ3v) is 2.31. The van der Waals surface area contributed by atoms with Gasteiger partial charge in [0.15, 0.2) is 0 Å². The van der Waals surface area contributed by atoms with Crippen LogP contribution in [0.25, 0.3) is 0 Å². The maximum atomic E-state index is 5.63. The molecule has 0 amide bonds. The number of hydrogen-bond donors (Lipinski definition) is 2. The van der Waals surface area contributed by atoms with Crippen molar-refractivity contribution in [3.63, 3.8) is 0 Å². The van der Waals surface area contributed by atoms with Crippen molar-refractivity contribution in [2.24, 2.45) is 7.05 Å². The van der Waals surface area contributed by atoms with E-state index < -0.39 is 0 Å². The summed E-state index contributed by atoms with van der Waals surface area (Å²) in [6, 6.07) is 3.87. The van der Waals surface area contributed by atoms with Gasteiger partial charge in [0, 0.05) is 13.2 Å². The van der Waals surface area contributed by atoms with Gasteiger partial charge in [-0.2, -0.15) is 5.10 Å². The minimum absolute atomic E-state index is 0.665. The lowest BCUT2D eigenvalue weighted by molar-refractivity contribution is 0.747. The van der Waals surface area contributed by atoms with Crippen LogP contribution in [0.5, 0.6) is 0 Å². The number of aryl methyl sites for hydroxylation is 2. The summed E-state index contributed by atoms with van der Waals surface area (Å²) < 4.78 is 1.78. The number of hydrogen-bond acceptors (Lipinski definition) is 4. The molecule has 5 heteroatoms. The lowest BCUT2D eigenvalue weighted by Gasteiger charge is -2.07. The first-order chi connectivity index (χ1) is 7.65. The largest absolute Gasteiger partial charge is 0.397 e. The summed E-state index contributed by atoms with van der Waals surface area (Å²) in [5.41, 5.74) is 8.34. The minimum Gasteiger partial charge on any atom is -0.397 e. The van der Waals surface area contributed by atoms with Gasteiger partial charge in [0.05, 0.1) is 24.1 Å². The fourth-order valence-electron chi connectivity index (χ4n) is 1.51. The molecule has 2 aromatic heterocycles. The van der Waals surface area contributed by atoms with Crippen molar-refractivity contribution in [1.82, 2.24) is 14.8 Å². The molecule has 0 radical (unpaired) electrons. The standard InChI is InChI=1S/C11H15N5/c1-8-5-9(12)6-13-11(8)14-7-10-3-4-16(2)15-10/h3-6H,7,12H2,1-2H3,(H,13,14). The third-order valence-electron chi connectivity index (χ3n) is 2.31. The molecule has 5 nitrogen and oxygen atoms in total. The first-order valence-electron chi connectivity index (χ1n) is 5.09. The van der Waals surface area contributed by atoms with E-state index in [9.17, 15) is 0 Å². The van der Waals surface area contributed by atoms with E-state index in [0.29, 0.717) is 12.2 Å². The Hall–Kier alpha value is -2.04. The monoisotopic (exact) mass is 217 g/mol. The molecule has 3 N–H and O–H groups in total. The number of nitrogens with two attached hydrogens (primary N) is 1. The normalized spacial score (nSPS) is 10.4. The number of nitrogens with zero attached hydrogens (tertiary/aromatic N) is 3. The summed E-state index contributed by atoms with van der Waals surface area (Å²) in [5.74, 6) is 0.847. The lowest BCUT2D eigenvalue weighted by atomic mass is 10.2. The number of rotatable bonds is 3. The Labute approximate surface area is 94.3 Å². The van der Waals surface area contributed by atoms with E-state index in [1.165, 1.54) is 0 Å². The molecule has 0 atom stereocenters. The molecule has 0 spiro atoms. The van der Waals surface area contributed by atoms with Crippen molar-refractivity contribution in [3.8, 4) is 0 Å². The predicted molar refractivity (Wildman–Crippen MR) is 63.9 cm³/mol. The molecule has 0 fully saturated rings. The quantitative estimate of drug-likeness (QED) is 0.813. The van der Waals surface area contributed by atoms with Crippen molar-refractivity contribution in [2.75, 3.05) is 11.1 Å². The minimum atomic E-state index is 0.665. The summed E-state index contributed by atoms with van der Waals surface area (Å²) in [5, 5.41) is 7.50. The second kappa shape index (κ2) is 4.22. The van der Waals surface area contributed by atoms with E-state index in [-0.39, 0.29) is 0 Å². The zero-order chi connectivity index (χ0) is 11.5.